The van der Waals surface area contributed by atoms with E-state index in [1.165, 1.54) is 0 Å². The lowest BCUT2D eigenvalue weighted by Gasteiger charge is -2.25. The molecule has 0 aromatic rings. The Morgan fingerprint density at radius 3 is 3.13 bits per heavy atom. The number of fused-ring (bicyclic) bond motifs is 1. The predicted molar refractivity (Wildman–Crippen MR) is 62.8 cm³/mol. The lowest BCUT2D eigenvalue weighted by Crippen LogP contribution is -2.34. The topological polar surface area (TPSA) is 35.5 Å². The Bertz CT molecular complexity index is 281. The summed E-state index contributed by atoms with van der Waals surface area (Å²) < 4.78 is 12.4. The van der Waals surface area contributed by atoms with Crippen LogP contribution in [0.1, 0.15) is 19.3 Å². The molecule has 1 heterocycles. The minimum absolute atomic E-state index is 0.0347. The Morgan fingerprint density at radius 2 is 2.33 bits per heavy atom. The maximum absolute atomic E-state index is 11.5. The second-order valence-electron chi connectivity index (χ2n) is 4.78. The highest BCUT2D eigenvalue weighted by Gasteiger charge is 2.62. The van der Waals surface area contributed by atoms with Crippen LogP contribution in [0.5, 0.6) is 0 Å². The van der Waals surface area contributed by atoms with Crippen molar-refractivity contribution < 1.29 is 14.3 Å². The van der Waals surface area contributed by atoms with Crippen molar-refractivity contribution in [3.05, 3.63) is 0 Å². The molecule has 1 saturated heterocycles. The van der Waals surface area contributed by atoms with E-state index < -0.39 is 0 Å². The first-order chi connectivity index (χ1) is 7.31. The predicted octanol–water partition coefficient (Wildman–Crippen LogP) is 1.78. The van der Waals surface area contributed by atoms with Crippen LogP contribution in [0.3, 0.4) is 0 Å². The molecule has 0 aromatic heterocycles. The highest BCUT2D eigenvalue weighted by atomic mass is 127. The maximum atomic E-state index is 11.5. The Kier molecular flexibility index (Phi) is 2.67. The van der Waals surface area contributed by atoms with E-state index in [0.717, 1.165) is 30.3 Å². The number of carbonyl (C=O) groups excluding carboxylic acids is 1. The van der Waals surface area contributed by atoms with E-state index in [4.69, 9.17) is 9.47 Å². The summed E-state index contributed by atoms with van der Waals surface area (Å²) >= 11 is 2.36. The van der Waals surface area contributed by atoms with Gasteiger partial charge in [0.2, 0.25) is 0 Å². The van der Waals surface area contributed by atoms with Gasteiger partial charge in [-0.2, -0.15) is 0 Å². The van der Waals surface area contributed by atoms with Gasteiger partial charge < -0.3 is 9.47 Å². The highest BCUT2D eigenvalue weighted by molar-refractivity contribution is 14.1. The second kappa shape index (κ2) is 3.87. The Hall–Kier alpha value is 0.160. The zero-order valence-electron chi connectivity index (χ0n) is 8.52. The molecule has 2 bridgehead atoms. The molecule has 3 nitrogen and oxygen atoms in total. The summed E-state index contributed by atoms with van der Waals surface area (Å²) in [6.45, 7) is 0.815. The summed E-state index contributed by atoms with van der Waals surface area (Å²) in [6, 6.07) is 0. The van der Waals surface area contributed by atoms with Gasteiger partial charge >= 0.3 is 5.97 Å². The average Bonchev–Trinajstić information content (AvgIpc) is 2.81. The number of hydrogen-bond acceptors (Lipinski definition) is 3. The highest BCUT2D eigenvalue weighted by Crippen LogP contribution is 2.55. The lowest BCUT2D eigenvalue weighted by atomic mass is 9.88. The van der Waals surface area contributed by atoms with Crippen LogP contribution in [-0.2, 0) is 14.3 Å². The molecule has 2 aliphatic carbocycles. The van der Waals surface area contributed by atoms with Crippen molar-refractivity contribution in [2.45, 2.75) is 31.5 Å². The van der Waals surface area contributed by atoms with Gasteiger partial charge in [-0.3, -0.25) is 4.79 Å². The first-order valence-corrected chi connectivity index (χ1v) is 7.22. The van der Waals surface area contributed by atoms with Crippen molar-refractivity contribution in [2.75, 3.05) is 11.0 Å². The van der Waals surface area contributed by atoms with Crippen LogP contribution in [0.25, 0.3) is 0 Å². The molecular formula is C11H15IO3. The number of rotatable bonds is 4. The molecule has 3 fully saturated rings. The van der Waals surface area contributed by atoms with Gasteiger partial charge in [0, 0.05) is 17.0 Å². The van der Waals surface area contributed by atoms with Gasteiger partial charge in [-0.15, -0.1) is 0 Å². The van der Waals surface area contributed by atoms with Crippen LogP contribution < -0.4 is 0 Å². The van der Waals surface area contributed by atoms with Gasteiger partial charge in [0.1, 0.15) is 6.10 Å². The molecule has 2 saturated carbocycles. The smallest absolute Gasteiger partial charge is 0.309 e. The maximum Gasteiger partial charge on any atom is 0.309 e. The van der Waals surface area contributed by atoms with E-state index >= 15 is 0 Å². The summed E-state index contributed by atoms with van der Waals surface area (Å²) in [5.41, 5.74) is 0. The molecule has 84 valence electrons. The van der Waals surface area contributed by atoms with Crippen molar-refractivity contribution in [3.8, 4) is 0 Å². The van der Waals surface area contributed by atoms with Crippen molar-refractivity contribution >= 4 is 28.6 Å². The molecule has 3 rings (SSSR count). The molecule has 15 heavy (non-hydrogen) atoms. The van der Waals surface area contributed by atoms with E-state index in [-0.39, 0.29) is 24.1 Å². The molecule has 5 unspecified atom stereocenters. The number of hydrogen-bond donors (Lipinski definition) is 0. The molecule has 1 aliphatic heterocycles. The number of halogens is 1. The van der Waals surface area contributed by atoms with E-state index in [2.05, 4.69) is 22.6 Å². The number of ether oxygens (including phenoxy) is 2. The van der Waals surface area contributed by atoms with Crippen LogP contribution in [0.4, 0.5) is 0 Å². The van der Waals surface area contributed by atoms with Gasteiger partial charge in [-0.05, 0) is 25.2 Å². The van der Waals surface area contributed by atoms with Gasteiger partial charge in [0.25, 0.3) is 0 Å². The first-order valence-electron chi connectivity index (χ1n) is 5.69. The molecule has 0 N–H and O–H groups in total. The Balaban J connectivity index is 1.65. The van der Waals surface area contributed by atoms with Crippen LogP contribution >= 0.6 is 22.6 Å². The minimum atomic E-state index is 0.0347. The summed E-state index contributed by atoms with van der Waals surface area (Å²) in [5, 5.41) is 0. The number of alkyl halides is 1. The Morgan fingerprint density at radius 1 is 1.47 bits per heavy atom. The molecule has 5 atom stereocenters. The third-order valence-electron chi connectivity index (χ3n) is 4.00. The van der Waals surface area contributed by atoms with E-state index in [0.29, 0.717) is 11.8 Å². The number of carbonyl (C=O) groups is 1. The molecule has 0 aromatic carbocycles. The standard InChI is InChI=1S/C11H15IO3/c12-2-1-3-14-9-6-4-7-8(5-6)11(13)15-10(7)9/h6-10H,1-5H2. The van der Waals surface area contributed by atoms with Crippen LogP contribution in [0.2, 0.25) is 0 Å². The number of esters is 1. The molecule has 4 heteroatoms. The molecule has 0 radical (unpaired) electrons. The first kappa shape index (κ1) is 10.3. The zero-order chi connectivity index (χ0) is 10.4. The molecule has 0 amide bonds. The van der Waals surface area contributed by atoms with Crippen molar-refractivity contribution in [2.24, 2.45) is 17.8 Å². The van der Waals surface area contributed by atoms with Gasteiger partial charge in [0.15, 0.2) is 0 Å². The average molecular weight is 322 g/mol. The quantitative estimate of drug-likeness (QED) is 0.343. The summed E-state index contributed by atoms with van der Waals surface area (Å²) in [6.07, 6.45) is 3.56. The Labute approximate surface area is 103 Å². The van der Waals surface area contributed by atoms with E-state index in [1.807, 2.05) is 0 Å². The molecule has 3 aliphatic rings. The minimum Gasteiger partial charge on any atom is -0.459 e. The second-order valence-corrected chi connectivity index (χ2v) is 5.86. The molecule has 0 spiro atoms. The van der Waals surface area contributed by atoms with E-state index in [9.17, 15) is 4.79 Å². The normalized spacial score (nSPS) is 46.2. The van der Waals surface area contributed by atoms with Crippen LogP contribution in [0.15, 0.2) is 0 Å². The third-order valence-corrected chi connectivity index (χ3v) is 4.76. The summed E-state index contributed by atoms with van der Waals surface area (Å²) in [5.74, 6) is 1.31. The van der Waals surface area contributed by atoms with Crippen LogP contribution in [-0.4, -0.2) is 29.2 Å². The van der Waals surface area contributed by atoms with E-state index in [1.54, 1.807) is 0 Å². The fourth-order valence-electron chi connectivity index (χ4n) is 3.41. The van der Waals surface area contributed by atoms with Gasteiger partial charge in [-0.25, -0.2) is 0 Å². The van der Waals surface area contributed by atoms with Crippen molar-refractivity contribution in [1.82, 2.24) is 0 Å². The van der Waals surface area contributed by atoms with Crippen LogP contribution in [0, 0.1) is 17.8 Å². The summed E-state index contributed by atoms with van der Waals surface area (Å²) in [4.78, 5) is 11.5. The molecular weight excluding hydrogens is 307 g/mol. The monoisotopic (exact) mass is 322 g/mol. The lowest BCUT2D eigenvalue weighted by molar-refractivity contribution is -0.147. The third kappa shape index (κ3) is 1.52. The van der Waals surface area contributed by atoms with Gasteiger partial charge in [0.05, 0.1) is 12.0 Å². The zero-order valence-corrected chi connectivity index (χ0v) is 10.7. The van der Waals surface area contributed by atoms with Crippen molar-refractivity contribution in [3.63, 3.8) is 0 Å². The fraction of sp³-hybridized carbons (Fsp3) is 0.909. The largest absolute Gasteiger partial charge is 0.459 e. The SMILES string of the molecule is O=C1OC2C3CC(CC13)C2OCCCI. The van der Waals surface area contributed by atoms with Gasteiger partial charge in [-0.1, -0.05) is 22.6 Å². The van der Waals surface area contributed by atoms with Crippen molar-refractivity contribution in [1.29, 1.82) is 0 Å². The summed E-state index contributed by atoms with van der Waals surface area (Å²) in [7, 11) is 0. The fourth-order valence-corrected chi connectivity index (χ4v) is 3.72.